The number of ether oxygens (including phenoxy) is 1. The first-order valence-corrected chi connectivity index (χ1v) is 9.19. The molecule has 2 aromatic heterocycles. The lowest BCUT2D eigenvalue weighted by molar-refractivity contribution is 0.101. The number of aromatic nitrogens is 3. The first-order chi connectivity index (χ1) is 13.2. The number of amides is 1. The van der Waals surface area contributed by atoms with Crippen molar-refractivity contribution in [3.05, 3.63) is 71.2 Å². The summed E-state index contributed by atoms with van der Waals surface area (Å²) in [6, 6.07) is 13.4. The Kier molecular flexibility index (Phi) is 4.87. The van der Waals surface area contributed by atoms with Crippen LogP contribution in [0.25, 0.3) is 0 Å². The van der Waals surface area contributed by atoms with Crippen molar-refractivity contribution in [1.29, 1.82) is 0 Å². The molecule has 2 heterocycles. The number of fused-ring (bicyclic) bond motifs is 1. The molecule has 0 fully saturated rings. The minimum absolute atomic E-state index is 0.145. The molecule has 1 aliphatic rings. The summed E-state index contributed by atoms with van der Waals surface area (Å²) in [6.45, 7) is 0.431. The van der Waals surface area contributed by atoms with E-state index in [-0.39, 0.29) is 5.91 Å². The molecule has 1 aliphatic carbocycles. The number of anilines is 1. The molecule has 0 spiro atoms. The molecule has 138 valence electrons. The van der Waals surface area contributed by atoms with Crippen LogP contribution in [0.4, 0.5) is 5.69 Å². The zero-order chi connectivity index (χ0) is 18.6. The number of pyridine rings is 1. The van der Waals surface area contributed by atoms with Gasteiger partial charge in [-0.15, -0.1) is 0 Å². The number of nitrogens with zero attached hydrogens (tertiary/aromatic N) is 3. The minimum atomic E-state index is -0.145. The Labute approximate surface area is 158 Å². The lowest BCUT2D eigenvalue weighted by Gasteiger charge is -2.12. The van der Waals surface area contributed by atoms with Crippen molar-refractivity contribution in [2.45, 2.75) is 32.3 Å². The summed E-state index contributed by atoms with van der Waals surface area (Å²) >= 11 is 0. The number of hydrogen-bond acceptors (Lipinski definition) is 4. The third-order valence-corrected chi connectivity index (χ3v) is 4.76. The van der Waals surface area contributed by atoms with Crippen molar-refractivity contribution in [3.63, 3.8) is 0 Å². The second-order valence-electron chi connectivity index (χ2n) is 6.72. The number of benzene rings is 1. The smallest absolute Gasteiger partial charge is 0.274 e. The molecule has 27 heavy (non-hydrogen) atoms. The van der Waals surface area contributed by atoms with Gasteiger partial charge in [0, 0.05) is 30.6 Å². The van der Waals surface area contributed by atoms with Gasteiger partial charge in [-0.2, -0.15) is 5.10 Å². The van der Waals surface area contributed by atoms with E-state index < -0.39 is 0 Å². The SMILES string of the molecule is Cn1nc2c(c1C(=O)Nc1ccnc(OCc3ccccc3)c1)CCCC2. The van der Waals surface area contributed by atoms with Crippen molar-refractivity contribution in [2.24, 2.45) is 7.05 Å². The Balaban J connectivity index is 1.47. The van der Waals surface area contributed by atoms with Crippen LogP contribution < -0.4 is 10.1 Å². The van der Waals surface area contributed by atoms with Gasteiger partial charge in [0.1, 0.15) is 12.3 Å². The predicted molar refractivity (Wildman–Crippen MR) is 103 cm³/mol. The van der Waals surface area contributed by atoms with E-state index in [1.54, 1.807) is 23.0 Å². The molecule has 6 heteroatoms. The van der Waals surface area contributed by atoms with E-state index in [1.807, 2.05) is 37.4 Å². The van der Waals surface area contributed by atoms with Crippen molar-refractivity contribution in [3.8, 4) is 5.88 Å². The predicted octanol–water partition coefficient (Wildman–Crippen LogP) is 3.53. The van der Waals surface area contributed by atoms with Crippen LogP contribution >= 0.6 is 0 Å². The summed E-state index contributed by atoms with van der Waals surface area (Å²) in [7, 11) is 1.83. The molecule has 6 nitrogen and oxygen atoms in total. The maximum Gasteiger partial charge on any atom is 0.274 e. The Morgan fingerprint density at radius 2 is 2.00 bits per heavy atom. The minimum Gasteiger partial charge on any atom is -0.473 e. The van der Waals surface area contributed by atoms with Gasteiger partial charge < -0.3 is 10.1 Å². The van der Waals surface area contributed by atoms with Gasteiger partial charge in [-0.05, 0) is 37.3 Å². The maximum atomic E-state index is 12.8. The van der Waals surface area contributed by atoms with Gasteiger partial charge in [-0.25, -0.2) is 4.98 Å². The van der Waals surface area contributed by atoms with Gasteiger partial charge in [0.15, 0.2) is 0 Å². The van der Waals surface area contributed by atoms with Gasteiger partial charge in [0.25, 0.3) is 5.91 Å². The standard InChI is InChI=1S/C21H22N4O2/c1-25-20(17-9-5-6-10-18(17)24-25)21(26)23-16-11-12-22-19(13-16)27-14-15-7-3-2-4-8-15/h2-4,7-8,11-13H,5-6,9-10,14H2,1H3,(H,22,23,26). The van der Waals surface area contributed by atoms with Crippen molar-refractivity contribution < 1.29 is 9.53 Å². The number of aryl methyl sites for hydroxylation is 2. The molecule has 0 saturated heterocycles. The van der Waals surface area contributed by atoms with Crippen LogP contribution in [-0.4, -0.2) is 20.7 Å². The second kappa shape index (κ2) is 7.61. The zero-order valence-electron chi connectivity index (χ0n) is 15.3. The normalized spacial score (nSPS) is 13.1. The Hall–Kier alpha value is -3.15. The van der Waals surface area contributed by atoms with Gasteiger partial charge in [0.05, 0.1) is 5.69 Å². The van der Waals surface area contributed by atoms with Crippen molar-refractivity contribution >= 4 is 11.6 Å². The van der Waals surface area contributed by atoms with Crippen molar-refractivity contribution in [2.75, 3.05) is 5.32 Å². The van der Waals surface area contributed by atoms with Crippen LogP contribution in [0.2, 0.25) is 0 Å². The highest BCUT2D eigenvalue weighted by molar-refractivity contribution is 6.04. The monoisotopic (exact) mass is 362 g/mol. The molecule has 3 aromatic rings. The van der Waals surface area contributed by atoms with E-state index in [4.69, 9.17) is 4.74 Å². The highest BCUT2D eigenvalue weighted by Gasteiger charge is 2.24. The van der Waals surface area contributed by atoms with Gasteiger partial charge in [0.2, 0.25) is 5.88 Å². The van der Waals surface area contributed by atoms with E-state index in [0.717, 1.165) is 42.5 Å². The summed E-state index contributed by atoms with van der Waals surface area (Å²) in [4.78, 5) is 17.0. The number of carbonyl (C=O) groups excluding carboxylic acids is 1. The number of hydrogen-bond donors (Lipinski definition) is 1. The molecule has 0 radical (unpaired) electrons. The van der Waals surface area contributed by atoms with E-state index >= 15 is 0 Å². The molecule has 0 aliphatic heterocycles. The quantitative estimate of drug-likeness (QED) is 0.754. The molecule has 0 atom stereocenters. The highest BCUT2D eigenvalue weighted by Crippen LogP contribution is 2.25. The number of nitrogens with one attached hydrogen (secondary N) is 1. The van der Waals surface area contributed by atoms with Crippen molar-refractivity contribution in [1.82, 2.24) is 14.8 Å². The first-order valence-electron chi connectivity index (χ1n) is 9.19. The summed E-state index contributed by atoms with van der Waals surface area (Å²) in [5.41, 5.74) is 4.50. The average molecular weight is 362 g/mol. The third-order valence-electron chi connectivity index (χ3n) is 4.76. The van der Waals surface area contributed by atoms with Gasteiger partial charge in [-0.1, -0.05) is 30.3 Å². The van der Waals surface area contributed by atoms with E-state index in [1.165, 1.54) is 0 Å². The van der Waals surface area contributed by atoms with Crippen LogP contribution in [0.5, 0.6) is 5.88 Å². The van der Waals surface area contributed by atoms with Crippen LogP contribution in [-0.2, 0) is 26.5 Å². The average Bonchev–Trinajstić information content (AvgIpc) is 3.03. The molecule has 1 aromatic carbocycles. The van der Waals surface area contributed by atoms with E-state index in [2.05, 4.69) is 15.4 Å². The lowest BCUT2D eigenvalue weighted by atomic mass is 9.95. The van der Waals surface area contributed by atoms with Gasteiger partial charge >= 0.3 is 0 Å². The Morgan fingerprint density at radius 3 is 2.85 bits per heavy atom. The molecule has 4 rings (SSSR count). The Morgan fingerprint density at radius 1 is 1.19 bits per heavy atom. The fourth-order valence-corrected chi connectivity index (χ4v) is 3.45. The van der Waals surface area contributed by atoms with Gasteiger partial charge in [-0.3, -0.25) is 9.48 Å². The molecule has 0 saturated carbocycles. The maximum absolute atomic E-state index is 12.8. The number of rotatable bonds is 5. The largest absolute Gasteiger partial charge is 0.473 e. The summed E-state index contributed by atoms with van der Waals surface area (Å²) in [5, 5.41) is 7.47. The fraction of sp³-hybridized carbons (Fsp3) is 0.286. The second-order valence-corrected chi connectivity index (χ2v) is 6.72. The highest BCUT2D eigenvalue weighted by atomic mass is 16.5. The summed E-state index contributed by atoms with van der Waals surface area (Å²) in [5.74, 6) is 0.331. The molecule has 0 unspecified atom stereocenters. The van der Waals surface area contributed by atoms with Crippen LogP contribution in [0.3, 0.4) is 0 Å². The number of carbonyl (C=O) groups is 1. The molecule has 1 N–H and O–H groups in total. The summed E-state index contributed by atoms with van der Waals surface area (Å²) in [6.07, 6.45) is 5.73. The fourth-order valence-electron chi connectivity index (χ4n) is 3.45. The van der Waals surface area contributed by atoms with Crippen LogP contribution in [0.1, 0.15) is 40.2 Å². The van der Waals surface area contributed by atoms with E-state index in [9.17, 15) is 4.79 Å². The molecular weight excluding hydrogens is 340 g/mol. The molecule has 1 amide bonds. The zero-order valence-corrected chi connectivity index (χ0v) is 15.3. The Bertz CT molecular complexity index is 950. The summed E-state index contributed by atoms with van der Waals surface area (Å²) < 4.78 is 7.43. The van der Waals surface area contributed by atoms with Crippen LogP contribution in [0.15, 0.2) is 48.7 Å². The lowest BCUT2D eigenvalue weighted by Crippen LogP contribution is -2.18. The van der Waals surface area contributed by atoms with E-state index in [0.29, 0.717) is 23.9 Å². The third kappa shape index (κ3) is 3.84. The molecule has 0 bridgehead atoms. The first kappa shape index (κ1) is 17.3. The molecular formula is C21H22N4O2. The topological polar surface area (TPSA) is 69.0 Å². The van der Waals surface area contributed by atoms with Crippen LogP contribution in [0, 0.1) is 0 Å².